The van der Waals surface area contributed by atoms with Crippen LogP contribution in [0.5, 0.6) is 0 Å². The van der Waals surface area contributed by atoms with E-state index in [-0.39, 0.29) is 43.1 Å². The predicted octanol–water partition coefficient (Wildman–Crippen LogP) is 1.25. The molecule has 22 heavy (non-hydrogen) atoms. The molecule has 2 amide bonds. The number of nitrogens with zero attached hydrogens (tertiary/aromatic N) is 1. The van der Waals surface area contributed by atoms with Crippen LogP contribution < -0.4 is 10.2 Å². The molecule has 1 fully saturated rings. The van der Waals surface area contributed by atoms with Gasteiger partial charge in [0.2, 0.25) is 11.8 Å². The minimum absolute atomic E-state index is 0.0121. The molecular weight excluding hydrogens is 284 g/mol. The Balaban J connectivity index is 1.81. The van der Waals surface area contributed by atoms with E-state index in [2.05, 4.69) is 5.32 Å². The van der Waals surface area contributed by atoms with Gasteiger partial charge in [0, 0.05) is 25.1 Å². The summed E-state index contributed by atoms with van der Waals surface area (Å²) < 4.78 is 4.77. The molecule has 1 aromatic carbocycles. The van der Waals surface area contributed by atoms with Gasteiger partial charge in [-0.25, -0.2) is 0 Å². The molecule has 1 aliphatic heterocycles. The lowest BCUT2D eigenvalue weighted by Gasteiger charge is -2.17. The van der Waals surface area contributed by atoms with E-state index in [1.807, 2.05) is 30.3 Å². The lowest BCUT2D eigenvalue weighted by Crippen LogP contribution is -2.37. The summed E-state index contributed by atoms with van der Waals surface area (Å²) in [7, 11) is 0. The summed E-state index contributed by atoms with van der Waals surface area (Å²) in [5, 5.41) is 2.80. The number of carbonyl (C=O) groups excluding carboxylic acids is 3. The first-order valence-electron chi connectivity index (χ1n) is 7.40. The molecule has 118 valence electrons. The molecule has 0 saturated carbocycles. The van der Waals surface area contributed by atoms with Crippen LogP contribution in [0.2, 0.25) is 0 Å². The Morgan fingerprint density at radius 1 is 1.27 bits per heavy atom. The number of hydrogen-bond acceptors (Lipinski definition) is 4. The van der Waals surface area contributed by atoms with Crippen LogP contribution in [-0.2, 0) is 19.1 Å². The zero-order valence-corrected chi connectivity index (χ0v) is 12.6. The fourth-order valence-corrected chi connectivity index (χ4v) is 2.41. The van der Waals surface area contributed by atoms with Crippen molar-refractivity contribution in [3.05, 3.63) is 30.3 Å². The first-order valence-corrected chi connectivity index (χ1v) is 7.40. The molecule has 0 radical (unpaired) electrons. The normalized spacial score (nSPS) is 17.4. The van der Waals surface area contributed by atoms with Gasteiger partial charge in [0.05, 0.1) is 19.1 Å². The minimum Gasteiger partial charge on any atom is -0.466 e. The highest BCUT2D eigenvalue weighted by Crippen LogP contribution is 2.21. The number of benzene rings is 1. The van der Waals surface area contributed by atoms with Crippen LogP contribution in [0.1, 0.15) is 26.2 Å². The Morgan fingerprint density at radius 2 is 2.00 bits per heavy atom. The monoisotopic (exact) mass is 304 g/mol. The molecule has 1 atom stereocenters. The molecule has 0 aromatic heterocycles. The van der Waals surface area contributed by atoms with E-state index in [9.17, 15) is 14.4 Å². The third-order valence-electron chi connectivity index (χ3n) is 3.42. The van der Waals surface area contributed by atoms with Gasteiger partial charge < -0.3 is 15.0 Å². The van der Waals surface area contributed by atoms with Gasteiger partial charge in [-0.2, -0.15) is 0 Å². The summed E-state index contributed by atoms with van der Waals surface area (Å²) in [6.07, 6.45) is 0.414. The van der Waals surface area contributed by atoms with Crippen molar-refractivity contribution in [1.29, 1.82) is 0 Å². The molecule has 1 aliphatic rings. The number of anilines is 1. The minimum atomic E-state index is -0.383. The van der Waals surface area contributed by atoms with E-state index in [1.54, 1.807) is 11.8 Å². The van der Waals surface area contributed by atoms with Gasteiger partial charge in [0.25, 0.3) is 0 Å². The molecule has 1 heterocycles. The topological polar surface area (TPSA) is 75.7 Å². The highest BCUT2D eigenvalue weighted by Gasteiger charge is 2.31. The second-order valence-corrected chi connectivity index (χ2v) is 5.11. The number of carbonyl (C=O) groups is 3. The molecule has 6 nitrogen and oxygen atoms in total. The standard InChI is InChI=1S/C16H20N2O4/c1-2-22-16(21)9-8-14(19)17-12-10-15(20)18(11-12)13-6-4-3-5-7-13/h3-7,12H,2,8-11H2,1H3,(H,17,19)/t12-/m1/s1. The van der Waals surface area contributed by atoms with Crippen molar-refractivity contribution in [2.75, 3.05) is 18.1 Å². The second kappa shape index (κ2) is 7.59. The Hall–Kier alpha value is -2.37. The van der Waals surface area contributed by atoms with Crippen molar-refractivity contribution < 1.29 is 19.1 Å². The van der Waals surface area contributed by atoms with E-state index >= 15 is 0 Å². The number of esters is 1. The molecular formula is C16H20N2O4. The van der Waals surface area contributed by atoms with Crippen LogP contribution in [0.25, 0.3) is 0 Å². The zero-order valence-electron chi connectivity index (χ0n) is 12.6. The van der Waals surface area contributed by atoms with Gasteiger partial charge in [-0.1, -0.05) is 18.2 Å². The molecule has 1 N–H and O–H groups in total. The fourth-order valence-electron chi connectivity index (χ4n) is 2.41. The summed E-state index contributed by atoms with van der Waals surface area (Å²) in [5.41, 5.74) is 0.829. The molecule has 6 heteroatoms. The van der Waals surface area contributed by atoms with E-state index in [4.69, 9.17) is 4.74 Å². The van der Waals surface area contributed by atoms with E-state index < -0.39 is 0 Å². The van der Waals surface area contributed by atoms with Crippen LogP contribution >= 0.6 is 0 Å². The average molecular weight is 304 g/mol. The van der Waals surface area contributed by atoms with Crippen molar-refractivity contribution in [2.45, 2.75) is 32.2 Å². The van der Waals surface area contributed by atoms with Crippen LogP contribution in [0.3, 0.4) is 0 Å². The summed E-state index contributed by atoms with van der Waals surface area (Å²) in [6, 6.07) is 9.13. The van der Waals surface area contributed by atoms with Gasteiger partial charge in [0.1, 0.15) is 0 Å². The number of hydrogen-bond donors (Lipinski definition) is 1. The van der Waals surface area contributed by atoms with Crippen molar-refractivity contribution in [3.8, 4) is 0 Å². The number of para-hydroxylation sites is 1. The van der Waals surface area contributed by atoms with Crippen molar-refractivity contribution in [3.63, 3.8) is 0 Å². The Kier molecular flexibility index (Phi) is 5.52. The largest absolute Gasteiger partial charge is 0.466 e. The summed E-state index contributed by atoms with van der Waals surface area (Å²) in [4.78, 5) is 36.7. The second-order valence-electron chi connectivity index (χ2n) is 5.11. The maximum atomic E-state index is 12.0. The van der Waals surface area contributed by atoms with Crippen LogP contribution in [0, 0.1) is 0 Å². The highest BCUT2D eigenvalue weighted by atomic mass is 16.5. The van der Waals surface area contributed by atoms with E-state index in [0.29, 0.717) is 13.2 Å². The van der Waals surface area contributed by atoms with E-state index in [0.717, 1.165) is 5.69 Å². The maximum Gasteiger partial charge on any atom is 0.306 e. The quantitative estimate of drug-likeness (QED) is 0.803. The number of rotatable bonds is 6. The summed E-state index contributed by atoms with van der Waals surface area (Å²) >= 11 is 0. The Bertz CT molecular complexity index is 544. The Labute approximate surface area is 129 Å². The van der Waals surface area contributed by atoms with Crippen molar-refractivity contribution >= 4 is 23.5 Å². The van der Waals surface area contributed by atoms with Crippen LogP contribution in [-0.4, -0.2) is 37.0 Å². The van der Waals surface area contributed by atoms with Crippen LogP contribution in [0.15, 0.2) is 30.3 Å². The maximum absolute atomic E-state index is 12.0. The first-order chi connectivity index (χ1) is 10.6. The van der Waals surface area contributed by atoms with Gasteiger partial charge in [0.15, 0.2) is 0 Å². The molecule has 0 spiro atoms. The number of nitrogens with one attached hydrogen (secondary N) is 1. The predicted molar refractivity (Wildman–Crippen MR) is 81.2 cm³/mol. The first kappa shape index (κ1) is 16.0. The smallest absolute Gasteiger partial charge is 0.306 e. The van der Waals surface area contributed by atoms with Gasteiger partial charge >= 0.3 is 5.97 Å². The molecule has 0 unspecified atom stereocenters. The van der Waals surface area contributed by atoms with E-state index in [1.165, 1.54) is 0 Å². The lowest BCUT2D eigenvalue weighted by atomic mass is 10.2. The van der Waals surface area contributed by atoms with Crippen molar-refractivity contribution in [1.82, 2.24) is 5.32 Å². The summed E-state index contributed by atoms with van der Waals surface area (Å²) in [6.45, 7) is 2.48. The van der Waals surface area contributed by atoms with Crippen LogP contribution in [0.4, 0.5) is 5.69 Å². The molecule has 1 saturated heterocycles. The molecule has 2 rings (SSSR count). The molecule has 1 aromatic rings. The van der Waals surface area contributed by atoms with Gasteiger partial charge in [-0.05, 0) is 19.1 Å². The Morgan fingerprint density at radius 3 is 2.68 bits per heavy atom. The highest BCUT2D eigenvalue weighted by molar-refractivity contribution is 5.96. The fraction of sp³-hybridized carbons (Fsp3) is 0.438. The number of amides is 2. The SMILES string of the molecule is CCOC(=O)CCC(=O)N[C@@H]1CC(=O)N(c2ccccc2)C1. The zero-order chi connectivity index (χ0) is 15.9. The van der Waals surface area contributed by atoms with Crippen molar-refractivity contribution in [2.24, 2.45) is 0 Å². The molecule has 0 bridgehead atoms. The summed E-state index contributed by atoms with van der Waals surface area (Å²) in [5.74, 6) is -0.631. The average Bonchev–Trinajstić information content (AvgIpc) is 2.87. The van der Waals surface area contributed by atoms with Gasteiger partial charge in [-0.15, -0.1) is 0 Å². The molecule has 0 aliphatic carbocycles. The third-order valence-corrected chi connectivity index (χ3v) is 3.42. The number of ether oxygens (including phenoxy) is 1. The van der Waals surface area contributed by atoms with Gasteiger partial charge in [-0.3, -0.25) is 14.4 Å². The lowest BCUT2D eigenvalue weighted by molar-refractivity contribution is -0.144. The third kappa shape index (κ3) is 4.31.